The van der Waals surface area contributed by atoms with E-state index in [0.29, 0.717) is 17.0 Å². The molecule has 0 aliphatic heterocycles. The zero-order valence-electron chi connectivity index (χ0n) is 10.5. The first-order valence-electron chi connectivity index (χ1n) is 5.75. The van der Waals surface area contributed by atoms with Crippen LogP contribution in [0.3, 0.4) is 0 Å². The average molecular weight is 313 g/mol. The molecular weight excluding hydrogens is 303 g/mol. The number of nitrogens with zero attached hydrogens (tertiary/aromatic N) is 2. The Morgan fingerprint density at radius 2 is 2.10 bits per heavy atom. The minimum atomic E-state index is -0.706. The van der Waals surface area contributed by atoms with Crippen molar-refractivity contribution in [2.45, 2.75) is 6.92 Å². The van der Waals surface area contributed by atoms with Crippen LogP contribution in [0.15, 0.2) is 24.3 Å². The van der Waals surface area contributed by atoms with E-state index in [1.165, 1.54) is 4.68 Å². The predicted molar refractivity (Wildman–Crippen MR) is 74.9 cm³/mol. The monoisotopic (exact) mass is 312 g/mol. The number of para-hydroxylation sites is 1. The summed E-state index contributed by atoms with van der Waals surface area (Å²) in [5, 5.41) is 4.43. The lowest BCUT2D eigenvalue weighted by Crippen LogP contribution is -2.08. The van der Waals surface area contributed by atoms with Crippen molar-refractivity contribution in [1.29, 1.82) is 0 Å². The molecule has 2 rings (SSSR count). The Morgan fingerprint density at radius 3 is 2.70 bits per heavy atom. The summed E-state index contributed by atoms with van der Waals surface area (Å²) in [5.41, 5.74) is 0.314. The standard InChI is InChI=1S/C13H10Cl2N2O3/c1-2-20-13(19)11-8(7-18)12(15)17(16-11)10-6-4-3-5-9(10)14/h3-7H,2H2,1H3. The lowest BCUT2D eigenvalue weighted by Gasteiger charge is -2.04. The van der Waals surface area contributed by atoms with Gasteiger partial charge < -0.3 is 4.74 Å². The molecule has 0 atom stereocenters. The smallest absolute Gasteiger partial charge is 0.359 e. The Bertz CT molecular complexity index is 668. The van der Waals surface area contributed by atoms with Gasteiger partial charge in [0.05, 0.1) is 22.9 Å². The van der Waals surface area contributed by atoms with Gasteiger partial charge in [-0.1, -0.05) is 35.3 Å². The van der Waals surface area contributed by atoms with Crippen molar-refractivity contribution in [3.63, 3.8) is 0 Å². The number of rotatable bonds is 4. The number of carbonyl (C=O) groups is 2. The summed E-state index contributed by atoms with van der Waals surface area (Å²) in [6, 6.07) is 6.81. The molecule has 0 saturated carbocycles. The number of benzene rings is 1. The third kappa shape index (κ3) is 2.55. The molecule has 0 saturated heterocycles. The Hall–Kier alpha value is -1.85. The minimum Gasteiger partial charge on any atom is -0.461 e. The molecule has 0 aliphatic carbocycles. The molecule has 20 heavy (non-hydrogen) atoms. The molecule has 0 amide bonds. The van der Waals surface area contributed by atoms with Crippen LogP contribution in [0.2, 0.25) is 10.2 Å². The molecule has 1 aromatic heterocycles. The van der Waals surface area contributed by atoms with Gasteiger partial charge in [-0.3, -0.25) is 4.79 Å². The van der Waals surface area contributed by atoms with E-state index < -0.39 is 5.97 Å². The highest BCUT2D eigenvalue weighted by Gasteiger charge is 2.24. The predicted octanol–water partition coefficient (Wildman–Crippen LogP) is 3.17. The highest BCUT2D eigenvalue weighted by atomic mass is 35.5. The fraction of sp³-hybridized carbons (Fsp3) is 0.154. The number of ether oxygens (including phenoxy) is 1. The zero-order chi connectivity index (χ0) is 14.7. The van der Waals surface area contributed by atoms with Crippen LogP contribution in [-0.4, -0.2) is 28.6 Å². The summed E-state index contributed by atoms with van der Waals surface area (Å²) in [7, 11) is 0. The lowest BCUT2D eigenvalue weighted by molar-refractivity contribution is 0.0517. The summed E-state index contributed by atoms with van der Waals surface area (Å²) in [5.74, 6) is -0.706. The van der Waals surface area contributed by atoms with Gasteiger partial charge in [0.1, 0.15) is 5.15 Å². The fourth-order valence-electron chi connectivity index (χ4n) is 1.65. The van der Waals surface area contributed by atoms with Crippen LogP contribution in [0.5, 0.6) is 0 Å². The number of esters is 1. The Labute approximate surface area is 125 Å². The quantitative estimate of drug-likeness (QED) is 0.642. The molecule has 104 valence electrons. The number of carbonyl (C=O) groups excluding carboxylic acids is 2. The van der Waals surface area contributed by atoms with Crippen molar-refractivity contribution >= 4 is 35.5 Å². The van der Waals surface area contributed by atoms with Gasteiger partial charge in [-0.2, -0.15) is 5.10 Å². The van der Waals surface area contributed by atoms with E-state index in [0.717, 1.165) is 0 Å². The molecule has 0 fully saturated rings. The van der Waals surface area contributed by atoms with Gasteiger partial charge in [-0.15, -0.1) is 0 Å². The first kappa shape index (κ1) is 14.6. The highest BCUT2D eigenvalue weighted by Crippen LogP contribution is 2.27. The van der Waals surface area contributed by atoms with E-state index in [1.54, 1.807) is 31.2 Å². The second kappa shape index (κ2) is 6.07. The molecule has 1 aromatic carbocycles. The third-order valence-corrected chi connectivity index (χ3v) is 3.21. The molecule has 0 aliphatic rings. The molecule has 0 bridgehead atoms. The Morgan fingerprint density at radius 1 is 1.40 bits per heavy atom. The average Bonchev–Trinajstić information content (AvgIpc) is 2.76. The second-order valence-electron chi connectivity index (χ2n) is 3.75. The lowest BCUT2D eigenvalue weighted by atomic mass is 10.3. The molecule has 0 unspecified atom stereocenters. The van der Waals surface area contributed by atoms with Crippen molar-refractivity contribution in [3.8, 4) is 5.69 Å². The van der Waals surface area contributed by atoms with Crippen molar-refractivity contribution in [3.05, 3.63) is 45.7 Å². The molecule has 0 radical (unpaired) electrons. The van der Waals surface area contributed by atoms with Crippen LogP contribution in [-0.2, 0) is 4.74 Å². The van der Waals surface area contributed by atoms with Crippen LogP contribution < -0.4 is 0 Å². The van der Waals surface area contributed by atoms with Gasteiger partial charge in [-0.25, -0.2) is 9.48 Å². The number of halogens is 2. The van der Waals surface area contributed by atoms with Crippen molar-refractivity contribution in [1.82, 2.24) is 9.78 Å². The van der Waals surface area contributed by atoms with Gasteiger partial charge >= 0.3 is 5.97 Å². The zero-order valence-corrected chi connectivity index (χ0v) is 12.0. The van der Waals surface area contributed by atoms with Crippen LogP contribution in [0, 0.1) is 0 Å². The normalized spacial score (nSPS) is 10.3. The van der Waals surface area contributed by atoms with Crippen molar-refractivity contribution in [2.75, 3.05) is 6.61 Å². The van der Waals surface area contributed by atoms with E-state index in [-0.39, 0.29) is 23.0 Å². The molecule has 0 N–H and O–H groups in total. The van der Waals surface area contributed by atoms with Gasteiger partial charge in [-0.05, 0) is 19.1 Å². The highest BCUT2D eigenvalue weighted by molar-refractivity contribution is 6.34. The van der Waals surface area contributed by atoms with E-state index >= 15 is 0 Å². The molecule has 1 heterocycles. The Balaban J connectivity index is 2.59. The van der Waals surface area contributed by atoms with Crippen LogP contribution >= 0.6 is 23.2 Å². The summed E-state index contributed by atoms with van der Waals surface area (Å²) in [6.07, 6.45) is 0.467. The van der Waals surface area contributed by atoms with Crippen molar-refractivity contribution < 1.29 is 14.3 Å². The maximum Gasteiger partial charge on any atom is 0.359 e. The van der Waals surface area contributed by atoms with Crippen LogP contribution in [0.1, 0.15) is 27.8 Å². The van der Waals surface area contributed by atoms with Crippen LogP contribution in [0.4, 0.5) is 0 Å². The maximum atomic E-state index is 11.8. The number of aromatic nitrogens is 2. The Kier molecular flexibility index (Phi) is 4.42. The summed E-state index contributed by atoms with van der Waals surface area (Å²) >= 11 is 12.1. The van der Waals surface area contributed by atoms with E-state index in [2.05, 4.69) is 5.10 Å². The van der Waals surface area contributed by atoms with Crippen LogP contribution in [0.25, 0.3) is 5.69 Å². The van der Waals surface area contributed by atoms with E-state index in [1.807, 2.05) is 0 Å². The van der Waals surface area contributed by atoms with Gasteiger partial charge in [0.25, 0.3) is 0 Å². The van der Waals surface area contributed by atoms with Crippen molar-refractivity contribution in [2.24, 2.45) is 0 Å². The van der Waals surface area contributed by atoms with E-state index in [9.17, 15) is 9.59 Å². The fourth-order valence-corrected chi connectivity index (χ4v) is 2.13. The molecular formula is C13H10Cl2N2O3. The van der Waals surface area contributed by atoms with Gasteiger partial charge in [0.2, 0.25) is 0 Å². The van der Waals surface area contributed by atoms with Gasteiger partial charge in [0.15, 0.2) is 12.0 Å². The first-order chi connectivity index (χ1) is 9.60. The molecule has 0 spiro atoms. The molecule has 5 nitrogen and oxygen atoms in total. The SMILES string of the molecule is CCOC(=O)c1nn(-c2ccccc2Cl)c(Cl)c1C=O. The number of aldehydes is 1. The third-order valence-electron chi connectivity index (χ3n) is 2.53. The molecule has 7 heteroatoms. The summed E-state index contributed by atoms with van der Waals surface area (Å²) in [4.78, 5) is 22.9. The number of hydrogen-bond donors (Lipinski definition) is 0. The molecule has 2 aromatic rings. The summed E-state index contributed by atoms with van der Waals surface area (Å²) < 4.78 is 6.08. The van der Waals surface area contributed by atoms with E-state index in [4.69, 9.17) is 27.9 Å². The summed E-state index contributed by atoms with van der Waals surface area (Å²) in [6.45, 7) is 1.83. The second-order valence-corrected chi connectivity index (χ2v) is 4.52. The topological polar surface area (TPSA) is 61.2 Å². The van der Waals surface area contributed by atoms with Gasteiger partial charge in [0, 0.05) is 0 Å². The largest absolute Gasteiger partial charge is 0.461 e. The first-order valence-corrected chi connectivity index (χ1v) is 6.51. The minimum absolute atomic E-state index is 0.0103. The maximum absolute atomic E-state index is 11.8. The number of hydrogen-bond acceptors (Lipinski definition) is 4.